The first-order valence-electron chi connectivity index (χ1n) is 5.94. The Kier molecular flexibility index (Phi) is 4.58. The third kappa shape index (κ3) is 4.65. The lowest BCUT2D eigenvalue weighted by molar-refractivity contribution is -0.133. The molecule has 3 heteroatoms. The number of hydrogen-bond donors (Lipinski definition) is 0. The van der Waals surface area contributed by atoms with Crippen molar-refractivity contribution in [3.63, 3.8) is 0 Å². The van der Waals surface area contributed by atoms with Crippen molar-refractivity contribution in [1.29, 1.82) is 0 Å². The maximum atomic E-state index is 12.0. The number of amides is 1. The second kappa shape index (κ2) is 5.50. The van der Waals surface area contributed by atoms with E-state index < -0.39 is 0 Å². The Morgan fingerprint density at radius 1 is 1.27 bits per heavy atom. The Balaban J connectivity index is 2.40. The zero-order valence-electron chi connectivity index (χ0n) is 10.5. The Bertz CT molecular complexity index is 210. The SMILES string of the molecule is CC(C)CN(CCN(C)C)C(=O)C1CC1. The van der Waals surface area contributed by atoms with Crippen molar-refractivity contribution in [3.8, 4) is 0 Å². The minimum absolute atomic E-state index is 0.353. The maximum absolute atomic E-state index is 12.0. The van der Waals surface area contributed by atoms with E-state index in [0.29, 0.717) is 17.7 Å². The van der Waals surface area contributed by atoms with Crippen LogP contribution in [0.4, 0.5) is 0 Å². The number of likely N-dealkylation sites (N-methyl/N-ethyl adjacent to an activating group) is 1. The van der Waals surface area contributed by atoms with Gasteiger partial charge in [-0.25, -0.2) is 0 Å². The maximum Gasteiger partial charge on any atom is 0.225 e. The van der Waals surface area contributed by atoms with Crippen LogP contribution in [-0.4, -0.2) is 49.4 Å². The molecule has 0 aromatic heterocycles. The molecular weight excluding hydrogens is 188 g/mol. The molecule has 0 spiro atoms. The van der Waals surface area contributed by atoms with Crippen molar-refractivity contribution >= 4 is 5.91 Å². The van der Waals surface area contributed by atoms with Gasteiger partial charge in [-0.15, -0.1) is 0 Å². The first kappa shape index (κ1) is 12.5. The molecule has 0 atom stereocenters. The highest BCUT2D eigenvalue weighted by Gasteiger charge is 2.33. The summed E-state index contributed by atoms with van der Waals surface area (Å²) in [7, 11) is 4.10. The van der Waals surface area contributed by atoms with Crippen molar-refractivity contribution in [2.45, 2.75) is 26.7 Å². The number of nitrogens with zero attached hydrogens (tertiary/aromatic N) is 2. The Hall–Kier alpha value is -0.570. The molecule has 15 heavy (non-hydrogen) atoms. The highest BCUT2D eigenvalue weighted by molar-refractivity contribution is 5.81. The van der Waals surface area contributed by atoms with E-state index in [1.54, 1.807) is 0 Å². The van der Waals surface area contributed by atoms with Crippen LogP contribution in [0.15, 0.2) is 0 Å². The summed E-state index contributed by atoms with van der Waals surface area (Å²) in [5.41, 5.74) is 0. The van der Waals surface area contributed by atoms with Gasteiger partial charge in [0.1, 0.15) is 0 Å². The molecule has 0 heterocycles. The summed E-state index contributed by atoms with van der Waals surface area (Å²) >= 11 is 0. The van der Waals surface area contributed by atoms with Crippen molar-refractivity contribution in [2.75, 3.05) is 33.7 Å². The molecule has 1 aliphatic rings. The molecule has 0 N–H and O–H groups in total. The van der Waals surface area contributed by atoms with Gasteiger partial charge in [0.05, 0.1) is 0 Å². The van der Waals surface area contributed by atoms with Gasteiger partial charge in [-0.05, 0) is 32.9 Å². The van der Waals surface area contributed by atoms with Crippen LogP contribution in [-0.2, 0) is 4.79 Å². The van der Waals surface area contributed by atoms with E-state index in [4.69, 9.17) is 0 Å². The largest absolute Gasteiger partial charge is 0.341 e. The molecule has 1 fully saturated rings. The molecule has 3 nitrogen and oxygen atoms in total. The Labute approximate surface area is 93.4 Å². The van der Waals surface area contributed by atoms with Gasteiger partial charge in [0.2, 0.25) is 5.91 Å². The van der Waals surface area contributed by atoms with E-state index >= 15 is 0 Å². The molecule has 0 aliphatic heterocycles. The molecule has 0 saturated heterocycles. The smallest absolute Gasteiger partial charge is 0.225 e. The van der Waals surface area contributed by atoms with Gasteiger partial charge in [0.25, 0.3) is 0 Å². The summed E-state index contributed by atoms with van der Waals surface area (Å²) in [6, 6.07) is 0. The van der Waals surface area contributed by atoms with Gasteiger partial charge < -0.3 is 9.80 Å². The third-order valence-corrected chi connectivity index (χ3v) is 2.64. The quantitative estimate of drug-likeness (QED) is 0.665. The topological polar surface area (TPSA) is 23.6 Å². The van der Waals surface area contributed by atoms with Crippen LogP contribution in [0, 0.1) is 11.8 Å². The van der Waals surface area contributed by atoms with Gasteiger partial charge in [0, 0.05) is 25.6 Å². The summed E-state index contributed by atoms with van der Waals surface area (Å²) < 4.78 is 0. The van der Waals surface area contributed by atoms with Crippen LogP contribution in [0.25, 0.3) is 0 Å². The van der Waals surface area contributed by atoms with Crippen molar-refractivity contribution < 1.29 is 4.79 Å². The Morgan fingerprint density at radius 2 is 1.87 bits per heavy atom. The van der Waals surface area contributed by atoms with E-state index in [9.17, 15) is 4.79 Å². The average Bonchev–Trinajstić information content (AvgIpc) is 2.93. The molecule has 1 aliphatic carbocycles. The molecule has 88 valence electrons. The van der Waals surface area contributed by atoms with E-state index in [-0.39, 0.29) is 0 Å². The van der Waals surface area contributed by atoms with E-state index in [1.807, 2.05) is 4.90 Å². The fraction of sp³-hybridized carbons (Fsp3) is 0.917. The molecular formula is C12H24N2O. The van der Waals surface area contributed by atoms with Gasteiger partial charge in [0.15, 0.2) is 0 Å². The van der Waals surface area contributed by atoms with E-state index in [0.717, 1.165) is 32.5 Å². The summed E-state index contributed by atoms with van der Waals surface area (Å²) in [6.45, 7) is 7.08. The minimum Gasteiger partial charge on any atom is -0.341 e. The Morgan fingerprint density at radius 3 is 2.27 bits per heavy atom. The summed E-state index contributed by atoms with van der Waals surface area (Å²) in [4.78, 5) is 16.1. The van der Waals surface area contributed by atoms with Crippen LogP contribution in [0.1, 0.15) is 26.7 Å². The van der Waals surface area contributed by atoms with Gasteiger partial charge in [-0.2, -0.15) is 0 Å². The average molecular weight is 212 g/mol. The van der Waals surface area contributed by atoms with Gasteiger partial charge in [-0.1, -0.05) is 13.8 Å². The number of hydrogen-bond acceptors (Lipinski definition) is 2. The summed E-state index contributed by atoms with van der Waals surface area (Å²) in [5, 5.41) is 0. The number of rotatable bonds is 6. The molecule has 1 rings (SSSR count). The standard InChI is InChI=1S/C12H24N2O/c1-10(2)9-14(8-7-13(3)4)12(15)11-5-6-11/h10-11H,5-9H2,1-4H3. The molecule has 0 radical (unpaired) electrons. The predicted molar refractivity (Wildman–Crippen MR) is 62.7 cm³/mol. The molecule has 0 bridgehead atoms. The molecule has 1 saturated carbocycles. The summed E-state index contributed by atoms with van der Waals surface area (Å²) in [6.07, 6.45) is 2.21. The second-order valence-electron chi connectivity index (χ2n) is 5.26. The first-order chi connectivity index (χ1) is 7.00. The minimum atomic E-state index is 0.353. The van der Waals surface area contributed by atoms with E-state index in [1.165, 1.54) is 0 Å². The zero-order chi connectivity index (χ0) is 11.4. The lowest BCUT2D eigenvalue weighted by atomic mass is 10.2. The summed E-state index contributed by atoms with van der Waals surface area (Å²) in [5.74, 6) is 1.30. The van der Waals surface area contributed by atoms with E-state index in [2.05, 4.69) is 32.8 Å². The molecule has 0 unspecified atom stereocenters. The van der Waals surface area contributed by atoms with Crippen LogP contribution in [0.5, 0.6) is 0 Å². The zero-order valence-corrected chi connectivity index (χ0v) is 10.5. The molecule has 0 aromatic rings. The monoisotopic (exact) mass is 212 g/mol. The van der Waals surface area contributed by atoms with Crippen molar-refractivity contribution in [1.82, 2.24) is 9.80 Å². The second-order valence-corrected chi connectivity index (χ2v) is 5.26. The van der Waals surface area contributed by atoms with Crippen molar-refractivity contribution in [3.05, 3.63) is 0 Å². The number of carbonyl (C=O) groups is 1. The van der Waals surface area contributed by atoms with Crippen molar-refractivity contribution in [2.24, 2.45) is 11.8 Å². The van der Waals surface area contributed by atoms with Crippen LogP contribution in [0.2, 0.25) is 0 Å². The fourth-order valence-corrected chi connectivity index (χ4v) is 1.64. The van der Waals surface area contributed by atoms with Crippen LogP contribution < -0.4 is 0 Å². The predicted octanol–water partition coefficient (Wildman–Crippen LogP) is 1.44. The van der Waals surface area contributed by atoms with Crippen LogP contribution in [0.3, 0.4) is 0 Å². The lowest BCUT2D eigenvalue weighted by Gasteiger charge is -2.26. The van der Waals surface area contributed by atoms with Gasteiger partial charge in [-0.3, -0.25) is 4.79 Å². The highest BCUT2D eigenvalue weighted by Crippen LogP contribution is 2.31. The first-order valence-corrected chi connectivity index (χ1v) is 5.94. The highest BCUT2D eigenvalue weighted by atomic mass is 16.2. The van der Waals surface area contributed by atoms with Crippen LogP contribution >= 0.6 is 0 Å². The molecule has 0 aromatic carbocycles. The van der Waals surface area contributed by atoms with Gasteiger partial charge >= 0.3 is 0 Å². The number of carbonyl (C=O) groups excluding carboxylic acids is 1. The normalized spacial score (nSPS) is 16.1. The molecule has 1 amide bonds. The lowest BCUT2D eigenvalue weighted by Crippen LogP contribution is -2.39. The third-order valence-electron chi connectivity index (χ3n) is 2.64. The fourth-order valence-electron chi connectivity index (χ4n) is 1.64.